The third-order valence-electron chi connectivity index (χ3n) is 3.74. The van der Waals surface area contributed by atoms with Crippen LogP contribution in [0.1, 0.15) is 27.3 Å². The van der Waals surface area contributed by atoms with E-state index in [1.54, 1.807) is 17.4 Å². The molecule has 0 aliphatic rings. The molecule has 1 aromatic carbocycles. The number of amides is 1. The number of aryl methyl sites for hydroxylation is 1. The quantitative estimate of drug-likeness (QED) is 0.774. The van der Waals surface area contributed by atoms with E-state index in [9.17, 15) is 9.90 Å². The molecule has 0 saturated heterocycles. The van der Waals surface area contributed by atoms with Crippen molar-refractivity contribution < 1.29 is 9.90 Å². The number of fused-ring (bicyclic) bond motifs is 1. The number of aromatic nitrogens is 3. The number of benzene rings is 1. The number of rotatable bonds is 3. The molecule has 6 nitrogen and oxygen atoms in total. The maximum Gasteiger partial charge on any atom is 0.255 e. The van der Waals surface area contributed by atoms with E-state index in [-0.39, 0.29) is 23.8 Å². The predicted octanol–water partition coefficient (Wildman–Crippen LogP) is 1.98. The van der Waals surface area contributed by atoms with Gasteiger partial charge in [0.15, 0.2) is 11.5 Å². The minimum Gasteiger partial charge on any atom is -0.507 e. The highest BCUT2D eigenvalue weighted by Crippen LogP contribution is 2.24. The van der Waals surface area contributed by atoms with Gasteiger partial charge in [0.05, 0.1) is 12.1 Å². The topological polar surface area (TPSA) is 79.5 Å². The number of nitrogens with zero attached hydrogens (tertiary/aromatic N) is 3. The Morgan fingerprint density at radius 3 is 2.86 bits per heavy atom. The van der Waals surface area contributed by atoms with E-state index >= 15 is 0 Å². The van der Waals surface area contributed by atoms with Gasteiger partial charge in [-0.2, -0.15) is 0 Å². The first-order valence-electron chi connectivity index (χ1n) is 6.94. The van der Waals surface area contributed by atoms with Gasteiger partial charge in [0.25, 0.3) is 5.91 Å². The third-order valence-corrected chi connectivity index (χ3v) is 3.74. The molecule has 0 radical (unpaired) electrons. The number of hydrogen-bond acceptors (Lipinski definition) is 4. The van der Waals surface area contributed by atoms with Gasteiger partial charge >= 0.3 is 0 Å². The Morgan fingerprint density at radius 1 is 1.23 bits per heavy atom. The van der Waals surface area contributed by atoms with Crippen LogP contribution in [0.25, 0.3) is 5.65 Å². The van der Waals surface area contributed by atoms with Crippen LogP contribution in [0.3, 0.4) is 0 Å². The van der Waals surface area contributed by atoms with Crippen molar-refractivity contribution in [1.29, 1.82) is 0 Å². The van der Waals surface area contributed by atoms with Crippen LogP contribution < -0.4 is 5.32 Å². The fourth-order valence-corrected chi connectivity index (χ4v) is 2.25. The average molecular weight is 296 g/mol. The van der Waals surface area contributed by atoms with Crippen molar-refractivity contribution in [1.82, 2.24) is 19.9 Å². The van der Waals surface area contributed by atoms with Gasteiger partial charge in [-0.3, -0.25) is 9.20 Å². The smallest absolute Gasteiger partial charge is 0.255 e. The molecule has 0 aliphatic carbocycles. The molecule has 3 rings (SSSR count). The van der Waals surface area contributed by atoms with E-state index in [0.717, 1.165) is 11.2 Å². The molecule has 0 saturated carbocycles. The Balaban J connectivity index is 1.79. The summed E-state index contributed by atoms with van der Waals surface area (Å²) in [5, 5.41) is 20.9. The Kier molecular flexibility index (Phi) is 3.50. The Bertz CT molecular complexity index is 854. The fourth-order valence-electron chi connectivity index (χ4n) is 2.25. The highest BCUT2D eigenvalue weighted by atomic mass is 16.3. The summed E-state index contributed by atoms with van der Waals surface area (Å²) in [5.74, 6) is 0.309. The normalized spacial score (nSPS) is 10.8. The summed E-state index contributed by atoms with van der Waals surface area (Å²) < 4.78 is 1.81. The largest absolute Gasteiger partial charge is 0.507 e. The standard InChI is InChI=1S/C16H16N4O2/c1-10-6-7-12(15(21)11(10)2)16(22)17-9-14-19-18-13-5-3-4-8-20(13)14/h3-8,21H,9H2,1-2H3,(H,17,22). The van der Waals surface area contributed by atoms with Crippen molar-refractivity contribution in [2.75, 3.05) is 0 Å². The lowest BCUT2D eigenvalue weighted by atomic mass is 10.0. The minimum atomic E-state index is -0.340. The second-order valence-electron chi connectivity index (χ2n) is 5.13. The van der Waals surface area contributed by atoms with E-state index in [0.29, 0.717) is 11.4 Å². The molecular weight excluding hydrogens is 280 g/mol. The zero-order valence-electron chi connectivity index (χ0n) is 12.4. The third kappa shape index (κ3) is 2.39. The monoisotopic (exact) mass is 296 g/mol. The number of aromatic hydroxyl groups is 1. The van der Waals surface area contributed by atoms with Gasteiger partial charge in [-0.15, -0.1) is 10.2 Å². The van der Waals surface area contributed by atoms with Gasteiger partial charge in [0, 0.05) is 6.20 Å². The number of pyridine rings is 1. The lowest BCUT2D eigenvalue weighted by molar-refractivity contribution is 0.0947. The lowest BCUT2D eigenvalue weighted by Crippen LogP contribution is -2.24. The zero-order valence-corrected chi connectivity index (χ0v) is 12.4. The summed E-state index contributed by atoms with van der Waals surface area (Å²) in [6.45, 7) is 3.91. The molecule has 3 aromatic rings. The van der Waals surface area contributed by atoms with Crippen molar-refractivity contribution in [2.45, 2.75) is 20.4 Å². The van der Waals surface area contributed by atoms with Gasteiger partial charge in [0.2, 0.25) is 0 Å². The van der Waals surface area contributed by atoms with Crippen LogP contribution in [0.15, 0.2) is 36.5 Å². The summed E-state index contributed by atoms with van der Waals surface area (Å²) in [6, 6.07) is 9.02. The fraction of sp³-hybridized carbons (Fsp3) is 0.188. The highest BCUT2D eigenvalue weighted by molar-refractivity contribution is 5.97. The Labute approximate surface area is 127 Å². The molecule has 22 heavy (non-hydrogen) atoms. The molecule has 2 aromatic heterocycles. The van der Waals surface area contributed by atoms with Gasteiger partial charge in [-0.25, -0.2) is 0 Å². The van der Waals surface area contributed by atoms with Crippen molar-refractivity contribution in [3.63, 3.8) is 0 Å². The van der Waals surface area contributed by atoms with Crippen LogP contribution in [0.5, 0.6) is 5.75 Å². The molecule has 0 unspecified atom stereocenters. The van der Waals surface area contributed by atoms with Gasteiger partial charge in [-0.05, 0) is 43.2 Å². The van der Waals surface area contributed by atoms with Crippen LogP contribution in [0.2, 0.25) is 0 Å². The van der Waals surface area contributed by atoms with E-state index in [4.69, 9.17) is 0 Å². The minimum absolute atomic E-state index is 0.0172. The molecule has 0 spiro atoms. The number of carbonyl (C=O) groups excluding carboxylic acids is 1. The van der Waals surface area contributed by atoms with Crippen molar-refractivity contribution in [3.05, 3.63) is 59.0 Å². The van der Waals surface area contributed by atoms with E-state index in [1.165, 1.54) is 0 Å². The number of phenols is 1. The molecule has 0 aliphatic heterocycles. The maximum absolute atomic E-state index is 12.2. The Hall–Kier alpha value is -2.89. The first-order valence-corrected chi connectivity index (χ1v) is 6.94. The maximum atomic E-state index is 12.2. The average Bonchev–Trinajstić information content (AvgIpc) is 2.94. The predicted molar refractivity (Wildman–Crippen MR) is 81.7 cm³/mol. The molecule has 112 valence electrons. The second kappa shape index (κ2) is 5.48. The van der Waals surface area contributed by atoms with Crippen LogP contribution in [0.4, 0.5) is 0 Å². The number of phenolic OH excluding ortho intramolecular Hbond substituents is 1. The van der Waals surface area contributed by atoms with Gasteiger partial charge < -0.3 is 10.4 Å². The summed E-state index contributed by atoms with van der Waals surface area (Å²) in [4.78, 5) is 12.2. The van der Waals surface area contributed by atoms with Crippen LogP contribution in [-0.2, 0) is 6.54 Å². The number of carbonyl (C=O) groups is 1. The summed E-state index contributed by atoms with van der Waals surface area (Å²) in [6.07, 6.45) is 1.84. The second-order valence-corrected chi connectivity index (χ2v) is 5.13. The van der Waals surface area contributed by atoms with Crippen LogP contribution in [-0.4, -0.2) is 25.6 Å². The number of hydrogen-bond donors (Lipinski definition) is 2. The Morgan fingerprint density at radius 2 is 2.05 bits per heavy atom. The molecule has 0 bridgehead atoms. The molecule has 0 atom stereocenters. The zero-order chi connectivity index (χ0) is 15.7. The number of nitrogens with one attached hydrogen (secondary N) is 1. The first-order chi connectivity index (χ1) is 10.6. The molecule has 2 N–H and O–H groups in total. The van der Waals surface area contributed by atoms with Crippen molar-refractivity contribution in [2.24, 2.45) is 0 Å². The van der Waals surface area contributed by atoms with Crippen molar-refractivity contribution >= 4 is 11.6 Å². The van der Waals surface area contributed by atoms with Crippen LogP contribution >= 0.6 is 0 Å². The molecule has 1 amide bonds. The van der Waals surface area contributed by atoms with Gasteiger partial charge in [-0.1, -0.05) is 12.1 Å². The summed E-state index contributed by atoms with van der Waals surface area (Å²) in [7, 11) is 0. The molecular formula is C16H16N4O2. The molecule has 2 heterocycles. The van der Waals surface area contributed by atoms with Crippen LogP contribution in [0, 0.1) is 13.8 Å². The lowest BCUT2D eigenvalue weighted by Gasteiger charge is -2.09. The molecule has 6 heteroatoms. The van der Waals surface area contributed by atoms with Crippen molar-refractivity contribution in [3.8, 4) is 5.75 Å². The van der Waals surface area contributed by atoms with E-state index < -0.39 is 0 Å². The first kappa shape index (κ1) is 14.1. The SMILES string of the molecule is Cc1ccc(C(=O)NCc2nnc3ccccn23)c(O)c1C. The van der Waals surface area contributed by atoms with E-state index in [2.05, 4.69) is 15.5 Å². The highest BCUT2D eigenvalue weighted by Gasteiger charge is 2.14. The van der Waals surface area contributed by atoms with Gasteiger partial charge in [0.1, 0.15) is 5.75 Å². The summed E-state index contributed by atoms with van der Waals surface area (Å²) >= 11 is 0. The molecule has 0 fully saturated rings. The summed E-state index contributed by atoms with van der Waals surface area (Å²) in [5.41, 5.74) is 2.63. The van der Waals surface area contributed by atoms with E-state index in [1.807, 2.05) is 37.4 Å².